The van der Waals surface area contributed by atoms with E-state index in [1.165, 1.54) is 0 Å². The first-order valence-corrected chi connectivity index (χ1v) is 13.0. The van der Waals surface area contributed by atoms with E-state index >= 15 is 0 Å². The Morgan fingerprint density at radius 1 is 0.974 bits per heavy atom. The minimum absolute atomic E-state index is 0.142. The number of hydrogen-bond donors (Lipinski definition) is 5. The summed E-state index contributed by atoms with van der Waals surface area (Å²) in [6, 6.07) is 20.4. The lowest BCUT2D eigenvalue weighted by Gasteiger charge is -2.32. The average molecular weight is 531 g/mol. The average Bonchev–Trinajstić information content (AvgIpc) is 3.28. The third-order valence-corrected chi connectivity index (χ3v) is 7.14. The highest BCUT2D eigenvalue weighted by molar-refractivity contribution is 5.97. The molecule has 0 bridgehead atoms. The number of nitrogens with zero attached hydrogens (tertiary/aromatic N) is 1. The molecule has 0 saturated carbocycles. The lowest BCUT2D eigenvalue weighted by atomic mass is 10.0. The van der Waals surface area contributed by atoms with Gasteiger partial charge in [-0.3, -0.25) is 14.4 Å². The van der Waals surface area contributed by atoms with Gasteiger partial charge in [-0.2, -0.15) is 0 Å². The van der Waals surface area contributed by atoms with E-state index < -0.39 is 35.8 Å². The summed E-state index contributed by atoms with van der Waals surface area (Å²) >= 11 is 0. The molecule has 0 saturated heterocycles. The van der Waals surface area contributed by atoms with Gasteiger partial charge in [-0.1, -0.05) is 60.7 Å². The van der Waals surface area contributed by atoms with Crippen LogP contribution in [0, 0.1) is 0 Å². The summed E-state index contributed by atoms with van der Waals surface area (Å²) in [5, 5.41) is 25.5. The lowest BCUT2D eigenvalue weighted by Crippen LogP contribution is -2.47. The van der Waals surface area contributed by atoms with Crippen molar-refractivity contribution in [3.8, 4) is 0 Å². The van der Waals surface area contributed by atoms with E-state index in [0.717, 1.165) is 27.2 Å². The Hall–Kier alpha value is -4.37. The van der Waals surface area contributed by atoms with E-state index in [1.54, 1.807) is 13.8 Å². The smallest absolute Gasteiger partial charge is 0.312 e. The number of amides is 1. The molecular weight excluding hydrogens is 496 g/mol. The van der Waals surface area contributed by atoms with Crippen molar-refractivity contribution >= 4 is 45.2 Å². The van der Waals surface area contributed by atoms with Crippen LogP contribution in [0.1, 0.15) is 37.4 Å². The lowest BCUT2D eigenvalue weighted by molar-refractivity contribution is -0.139. The maximum atomic E-state index is 12.3. The van der Waals surface area contributed by atoms with E-state index in [-0.39, 0.29) is 6.42 Å². The molecule has 204 valence electrons. The minimum atomic E-state index is -0.990. The normalized spacial score (nSPS) is 13.7. The van der Waals surface area contributed by atoms with E-state index in [0.29, 0.717) is 30.9 Å². The molecule has 0 spiro atoms. The largest absolute Gasteiger partial charge is 0.481 e. The molecule has 4 aromatic rings. The number of primary amides is 1. The second-order valence-electron chi connectivity index (χ2n) is 9.93. The van der Waals surface area contributed by atoms with Gasteiger partial charge in [-0.15, -0.1) is 0 Å². The Bertz CT molecular complexity index is 1500. The molecule has 3 atom stereocenters. The molecule has 2 unspecified atom stereocenters. The fourth-order valence-corrected chi connectivity index (χ4v) is 5.04. The first-order valence-electron chi connectivity index (χ1n) is 13.0. The molecule has 3 aromatic carbocycles. The second kappa shape index (κ2) is 12.0. The zero-order valence-electron chi connectivity index (χ0n) is 22.1. The predicted molar refractivity (Wildman–Crippen MR) is 152 cm³/mol. The molecule has 39 heavy (non-hydrogen) atoms. The molecule has 0 radical (unpaired) electrons. The van der Waals surface area contributed by atoms with Crippen molar-refractivity contribution in [3.05, 3.63) is 78.0 Å². The summed E-state index contributed by atoms with van der Waals surface area (Å²) in [4.78, 5) is 41.1. The Labute approximate surface area is 226 Å². The summed E-state index contributed by atoms with van der Waals surface area (Å²) in [6.07, 6.45) is 0.260. The SMILES string of the molecule is CC(C(=O)O)c1[nH]c2ccccc2c1N(CCNC(Cc1ccc2ccccc2c1)C(N)=O)[C@@H](C)CC(=O)O. The molecule has 0 aliphatic heterocycles. The van der Waals surface area contributed by atoms with Crippen molar-refractivity contribution in [2.24, 2.45) is 5.73 Å². The molecule has 6 N–H and O–H groups in total. The van der Waals surface area contributed by atoms with Gasteiger partial charge in [0.25, 0.3) is 0 Å². The molecule has 9 heteroatoms. The van der Waals surface area contributed by atoms with Crippen molar-refractivity contribution in [2.45, 2.75) is 44.7 Å². The van der Waals surface area contributed by atoms with Gasteiger partial charge in [0.1, 0.15) is 0 Å². The zero-order valence-corrected chi connectivity index (χ0v) is 22.1. The van der Waals surface area contributed by atoms with Crippen molar-refractivity contribution in [1.29, 1.82) is 0 Å². The Kier molecular flexibility index (Phi) is 8.51. The molecule has 4 rings (SSSR count). The van der Waals surface area contributed by atoms with Gasteiger partial charge >= 0.3 is 11.9 Å². The maximum Gasteiger partial charge on any atom is 0.312 e. The summed E-state index contributed by atoms with van der Waals surface area (Å²) in [7, 11) is 0. The first-order chi connectivity index (χ1) is 18.7. The van der Waals surface area contributed by atoms with Crippen molar-refractivity contribution in [3.63, 3.8) is 0 Å². The van der Waals surface area contributed by atoms with Crippen molar-refractivity contribution in [2.75, 3.05) is 18.0 Å². The van der Waals surface area contributed by atoms with Gasteiger partial charge in [0.15, 0.2) is 0 Å². The fourth-order valence-electron chi connectivity index (χ4n) is 5.04. The van der Waals surface area contributed by atoms with Crippen molar-refractivity contribution < 1.29 is 24.6 Å². The summed E-state index contributed by atoms with van der Waals surface area (Å²) < 4.78 is 0. The number of para-hydroxylation sites is 1. The van der Waals surface area contributed by atoms with Gasteiger partial charge in [0.05, 0.1) is 29.8 Å². The first kappa shape index (κ1) is 27.7. The van der Waals surface area contributed by atoms with Crippen LogP contribution in [0.3, 0.4) is 0 Å². The minimum Gasteiger partial charge on any atom is -0.481 e. The summed E-state index contributed by atoms with van der Waals surface area (Å²) in [5.74, 6) is -3.28. The van der Waals surface area contributed by atoms with Crippen LogP contribution >= 0.6 is 0 Å². The number of aromatic amines is 1. The van der Waals surface area contributed by atoms with Crippen LogP contribution in [0.4, 0.5) is 5.69 Å². The fraction of sp³-hybridized carbons (Fsp3) is 0.300. The Balaban J connectivity index is 1.59. The zero-order chi connectivity index (χ0) is 28.1. The van der Waals surface area contributed by atoms with E-state index in [2.05, 4.69) is 10.3 Å². The van der Waals surface area contributed by atoms with E-state index in [1.807, 2.05) is 71.6 Å². The molecule has 9 nitrogen and oxygen atoms in total. The Morgan fingerprint density at radius 2 is 1.67 bits per heavy atom. The van der Waals surface area contributed by atoms with Crippen LogP contribution in [-0.2, 0) is 20.8 Å². The molecule has 0 aliphatic rings. The molecule has 0 aliphatic carbocycles. The number of carboxylic acids is 2. The molecule has 1 amide bonds. The highest BCUT2D eigenvalue weighted by Gasteiger charge is 2.29. The van der Waals surface area contributed by atoms with E-state index in [4.69, 9.17) is 5.73 Å². The van der Waals surface area contributed by atoms with Gasteiger partial charge in [0.2, 0.25) is 5.91 Å². The van der Waals surface area contributed by atoms with Crippen LogP contribution in [0.5, 0.6) is 0 Å². The van der Waals surface area contributed by atoms with Gasteiger partial charge in [-0.25, -0.2) is 0 Å². The molecular formula is C30H34N4O5. The van der Waals surface area contributed by atoms with Crippen LogP contribution in [-0.4, -0.2) is 58.2 Å². The number of anilines is 1. The number of hydrogen-bond acceptors (Lipinski definition) is 5. The number of nitrogens with two attached hydrogens (primary N) is 1. The number of benzene rings is 3. The number of fused-ring (bicyclic) bond motifs is 2. The summed E-state index contributed by atoms with van der Waals surface area (Å²) in [5.41, 5.74) is 8.63. The second-order valence-corrected chi connectivity index (χ2v) is 9.93. The number of aliphatic carboxylic acids is 2. The number of H-pyrrole nitrogens is 1. The van der Waals surface area contributed by atoms with Crippen LogP contribution in [0.25, 0.3) is 21.7 Å². The number of carboxylic acid groups (broad SMARTS) is 2. The van der Waals surface area contributed by atoms with E-state index in [9.17, 15) is 24.6 Å². The standard InChI is InChI=1S/C30H34N4O5/c1-18(15-26(35)36)34(28-23-9-5-6-10-24(23)33-27(28)19(2)30(38)39)14-13-32-25(29(31)37)17-20-11-12-21-7-3-4-8-22(21)16-20/h3-12,16,18-19,25,32-33H,13-15,17H2,1-2H3,(H2,31,37)(H,35,36)(H,38,39)/t18-,19?,25?/m0/s1. The quantitative estimate of drug-likeness (QED) is 0.176. The van der Waals surface area contributed by atoms with Gasteiger partial charge < -0.3 is 31.1 Å². The van der Waals surface area contributed by atoms with Gasteiger partial charge in [-0.05, 0) is 42.7 Å². The number of rotatable bonds is 13. The van der Waals surface area contributed by atoms with Crippen LogP contribution < -0.4 is 16.0 Å². The number of carbonyl (C=O) groups excluding carboxylic acids is 1. The predicted octanol–water partition coefficient (Wildman–Crippen LogP) is 3.87. The molecule has 1 aromatic heterocycles. The third kappa shape index (κ3) is 6.38. The van der Waals surface area contributed by atoms with Crippen LogP contribution in [0.15, 0.2) is 66.7 Å². The van der Waals surface area contributed by atoms with Crippen LogP contribution in [0.2, 0.25) is 0 Å². The monoisotopic (exact) mass is 530 g/mol. The topological polar surface area (TPSA) is 149 Å². The molecule has 1 heterocycles. The molecule has 0 fully saturated rings. The number of aromatic nitrogens is 1. The summed E-state index contributed by atoms with van der Waals surface area (Å²) in [6.45, 7) is 4.05. The highest BCUT2D eigenvalue weighted by Crippen LogP contribution is 2.37. The third-order valence-electron chi connectivity index (χ3n) is 7.14. The Morgan fingerprint density at radius 3 is 2.36 bits per heavy atom. The maximum absolute atomic E-state index is 12.3. The number of nitrogens with one attached hydrogen (secondary N) is 2. The van der Waals surface area contributed by atoms with Gasteiger partial charge in [0, 0.05) is 30.0 Å². The van der Waals surface area contributed by atoms with Crippen molar-refractivity contribution in [1.82, 2.24) is 10.3 Å². The highest BCUT2D eigenvalue weighted by atomic mass is 16.4. The number of carbonyl (C=O) groups is 3.